The molecule has 2 unspecified atom stereocenters. The molecule has 1 aliphatic heterocycles. The topological polar surface area (TPSA) is 186 Å². The number of hydrogen-bond acceptors (Lipinski definition) is 11. The van der Waals surface area contributed by atoms with Crippen molar-refractivity contribution in [2.45, 2.75) is 205 Å². The quantitative estimate of drug-likeness (QED) is 0.0199. The zero-order valence-corrected chi connectivity index (χ0v) is 38.8. The van der Waals surface area contributed by atoms with E-state index < -0.39 is 71.2 Å². The molecule has 12 nitrogen and oxygen atoms in total. The molecule has 356 valence electrons. The highest BCUT2D eigenvalue weighted by Crippen LogP contribution is 2.24. The van der Waals surface area contributed by atoms with Gasteiger partial charge in [0.1, 0.15) is 36.8 Å². The molecule has 13 heteroatoms. The van der Waals surface area contributed by atoms with E-state index in [-0.39, 0.29) is 19.4 Å². The molecule has 1 aliphatic rings. The lowest BCUT2D eigenvalue weighted by molar-refractivity contribution is -0.297. The average Bonchev–Trinajstić information content (AvgIpc) is 3.24. The van der Waals surface area contributed by atoms with E-state index in [9.17, 15) is 37.9 Å². The van der Waals surface area contributed by atoms with Gasteiger partial charge in [0, 0.05) is 12.8 Å². The van der Waals surface area contributed by atoms with Crippen LogP contribution >= 0.6 is 0 Å². The fraction of sp³-hybridized carbons (Fsp3) is 0.714. The number of rotatable bonds is 38. The van der Waals surface area contributed by atoms with Crippen molar-refractivity contribution in [3.63, 3.8) is 0 Å². The summed E-state index contributed by atoms with van der Waals surface area (Å²) in [6, 6.07) is 0. The van der Waals surface area contributed by atoms with Gasteiger partial charge < -0.3 is 34.3 Å². The third kappa shape index (κ3) is 32.7. The Bertz CT molecular complexity index is 1420. The smallest absolute Gasteiger partial charge is 0.306 e. The van der Waals surface area contributed by atoms with E-state index >= 15 is 0 Å². The van der Waals surface area contributed by atoms with E-state index in [0.717, 1.165) is 64.2 Å². The monoisotopic (exact) mass is 895 g/mol. The number of aliphatic hydroxyl groups is 3. The van der Waals surface area contributed by atoms with Gasteiger partial charge in [-0.25, -0.2) is 0 Å². The highest BCUT2D eigenvalue weighted by Gasteiger charge is 2.46. The van der Waals surface area contributed by atoms with E-state index in [1.54, 1.807) is 0 Å². The summed E-state index contributed by atoms with van der Waals surface area (Å²) < 4.78 is 54.0. The highest BCUT2D eigenvalue weighted by atomic mass is 32.2. The first kappa shape index (κ1) is 57.1. The maximum atomic E-state index is 12.8. The zero-order chi connectivity index (χ0) is 45.5. The van der Waals surface area contributed by atoms with Crippen LogP contribution in [0.1, 0.15) is 168 Å². The molecule has 0 aromatic carbocycles. The van der Waals surface area contributed by atoms with Crippen LogP contribution in [0.2, 0.25) is 0 Å². The van der Waals surface area contributed by atoms with Crippen molar-refractivity contribution in [2.24, 2.45) is 0 Å². The summed E-state index contributed by atoms with van der Waals surface area (Å²) >= 11 is 0. The molecular formula is C49H82O12S. The van der Waals surface area contributed by atoms with Crippen LogP contribution < -0.4 is 0 Å². The number of ether oxygens (including phenoxy) is 4. The third-order valence-electron chi connectivity index (χ3n) is 10.3. The first-order valence-corrected chi connectivity index (χ1v) is 25.1. The number of hydrogen-bond donors (Lipinski definition) is 4. The van der Waals surface area contributed by atoms with Crippen molar-refractivity contribution in [1.82, 2.24) is 0 Å². The third-order valence-corrected chi connectivity index (χ3v) is 11.0. The van der Waals surface area contributed by atoms with Crippen LogP contribution in [-0.2, 0) is 38.7 Å². The largest absolute Gasteiger partial charge is 0.462 e. The van der Waals surface area contributed by atoms with Crippen LogP contribution in [-0.4, -0.2) is 96.0 Å². The summed E-state index contributed by atoms with van der Waals surface area (Å²) in [5.74, 6) is -2.07. The lowest BCUT2D eigenvalue weighted by Crippen LogP contribution is -2.60. The summed E-state index contributed by atoms with van der Waals surface area (Å²) in [6.45, 7) is 3.65. The lowest BCUT2D eigenvalue weighted by Gasteiger charge is -2.40. The highest BCUT2D eigenvalue weighted by molar-refractivity contribution is 7.85. The van der Waals surface area contributed by atoms with Gasteiger partial charge in [0.2, 0.25) is 0 Å². The molecule has 0 aliphatic carbocycles. The Labute approximate surface area is 374 Å². The Morgan fingerprint density at radius 1 is 0.548 bits per heavy atom. The molecule has 0 radical (unpaired) electrons. The van der Waals surface area contributed by atoms with Crippen molar-refractivity contribution in [1.29, 1.82) is 0 Å². The second-order valence-corrected chi connectivity index (χ2v) is 17.6. The molecule has 0 saturated carbocycles. The van der Waals surface area contributed by atoms with Gasteiger partial charge in [0.25, 0.3) is 10.1 Å². The molecule has 1 fully saturated rings. The SMILES string of the molecule is CCCCC/C=C/C/C=C/C/C=C/C/C=C/CCCC(=O)O[C@H](COC(=O)CCCCCCCCC/C=C/C/C=C/CCCCC)CO[C@H]1O[C@H](CS(=O)(=O)O)[C@@H](O)C(O)C1O. The Morgan fingerprint density at radius 3 is 1.48 bits per heavy atom. The average molecular weight is 895 g/mol. The maximum Gasteiger partial charge on any atom is 0.306 e. The Kier molecular flexibility index (Phi) is 35.5. The molecule has 0 spiro atoms. The van der Waals surface area contributed by atoms with Gasteiger partial charge in [0.15, 0.2) is 12.4 Å². The molecule has 6 atom stereocenters. The van der Waals surface area contributed by atoms with E-state index in [1.165, 1.54) is 57.8 Å². The molecule has 1 saturated heterocycles. The van der Waals surface area contributed by atoms with Crippen molar-refractivity contribution in [3.05, 3.63) is 72.9 Å². The van der Waals surface area contributed by atoms with Gasteiger partial charge in [-0.1, -0.05) is 145 Å². The van der Waals surface area contributed by atoms with E-state index in [0.29, 0.717) is 19.3 Å². The van der Waals surface area contributed by atoms with E-state index in [4.69, 9.17) is 18.9 Å². The minimum atomic E-state index is -4.61. The van der Waals surface area contributed by atoms with Crippen molar-refractivity contribution < 1.29 is 56.8 Å². The number of aliphatic hydroxyl groups excluding tert-OH is 3. The van der Waals surface area contributed by atoms with E-state index in [1.807, 2.05) is 12.2 Å². The maximum absolute atomic E-state index is 12.8. The fourth-order valence-electron chi connectivity index (χ4n) is 6.58. The number of esters is 2. The molecule has 1 heterocycles. The number of carbonyl (C=O) groups excluding carboxylic acids is 2. The Hall–Kier alpha value is -2.91. The number of unbranched alkanes of at least 4 members (excludes halogenated alkanes) is 14. The predicted molar refractivity (Wildman–Crippen MR) is 247 cm³/mol. The van der Waals surface area contributed by atoms with Gasteiger partial charge in [-0.3, -0.25) is 14.1 Å². The first-order chi connectivity index (χ1) is 30.0. The van der Waals surface area contributed by atoms with Crippen LogP contribution in [0.5, 0.6) is 0 Å². The van der Waals surface area contributed by atoms with Crippen molar-refractivity contribution >= 4 is 22.1 Å². The van der Waals surface area contributed by atoms with Crippen LogP contribution in [0.15, 0.2) is 72.9 Å². The van der Waals surface area contributed by atoms with Crippen LogP contribution in [0.3, 0.4) is 0 Å². The Morgan fingerprint density at radius 2 is 0.984 bits per heavy atom. The summed E-state index contributed by atoms with van der Waals surface area (Å²) in [5, 5.41) is 30.9. The lowest BCUT2D eigenvalue weighted by atomic mass is 10.00. The molecule has 0 aromatic heterocycles. The standard InChI is InChI=1S/C49H82O12S/c1-3-5-7-9-11-13-15-17-19-21-23-25-27-29-31-33-35-37-44(50)58-39-42(40-59-49-48(54)47(53)46(52)43(61-49)41-62(55,56)57)60-45(51)38-36-34-32-30-28-26-24-22-20-18-16-14-12-10-8-6-4-2/h11-14,17-20,24,26,30,32,42-43,46-49,52-54H,3-10,15-16,21-23,25,27-29,31,33-41H2,1-2H3,(H,55,56,57)/b13-11+,14-12+,19-17+,20-18+,26-24+,32-30+/t42-,43-,46-,47?,48?,49+/m1/s1. The van der Waals surface area contributed by atoms with Gasteiger partial charge in [-0.15, -0.1) is 0 Å². The second-order valence-electron chi connectivity index (χ2n) is 16.1. The molecule has 0 amide bonds. The minimum absolute atomic E-state index is 0.0833. The van der Waals surface area contributed by atoms with Crippen LogP contribution in [0.25, 0.3) is 0 Å². The van der Waals surface area contributed by atoms with Crippen molar-refractivity contribution in [2.75, 3.05) is 19.0 Å². The molecule has 1 rings (SSSR count). The van der Waals surface area contributed by atoms with Crippen LogP contribution in [0.4, 0.5) is 0 Å². The summed E-state index contributed by atoms with van der Waals surface area (Å²) in [4.78, 5) is 25.4. The minimum Gasteiger partial charge on any atom is -0.462 e. The summed E-state index contributed by atoms with van der Waals surface area (Å²) in [7, 11) is -4.61. The Balaban J connectivity index is 2.48. The summed E-state index contributed by atoms with van der Waals surface area (Å²) in [5.41, 5.74) is 0. The van der Waals surface area contributed by atoms with Gasteiger partial charge >= 0.3 is 11.9 Å². The van der Waals surface area contributed by atoms with Crippen molar-refractivity contribution in [3.8, 4) is 0 Å². The molecule has 0 bridgehead atoms. The van der Waals surface area contributed by atoms with Gasteiger partial charge in [0.05, 0.1) is 6.61 Å². The molecular weight excluding hydrogens is 813 g/mol. The predicted octanol–water partition coefficient (Wildman–Crippen LogP) is 9.89. The first-order valence-electron chi connectivity index (χ1n) is 23.5. The van der Waals surface area contributed by atoms with Gasteiger partial charge in [-0.2, -0.15) is 8.42 Å². The number of allylic oxidation sites excluding steroid dienone is 12. The zero-order valence-electron chi connectivity index (χ0n) is 37.9. The molecule has 4 N–H and O–H groups in total. The fourth-order valence-corrected chi connectivity index (χ4v) is 7.27. The summed E-state index contributed by atoms with van der Waals surface area (Å²) in [6.07, 6.45) is 39.4. The molecule has 62 heavy (non-hydrogen) atoms. The van der Waals surface area contributed by atoms with Crippen LogP contribution in [0, 0.1) is 0 Å². The normalized spacial score (nSPS) is 20.5. The molecule has 0 aromatic rings. The second kappa shape index (κ2) is 38.5. The number of carbonyl (C=O) groups is 2. The van der Waals surface area contributed by atoms with E-state index in [2.05, 4.69) is 74.6 Å². The van der Waals surface area contributed by atoms with Gasteiger partial charge in [-0.05, 0) is 83.5 Å².